The Balaban J connectivity index is 1.97. The number of amides is 2. The first-order valence-corrected chi connectivity index (χ1v) is 14.1. The van der Waals surface area contributed by atoms with Gasteiger partial charge >= 0.3 is 0 Å². The minimum absolute atomic E-state index is 0.0635. The fourth-order valence-corrected chi connectivity index (χ4v) is 5.01. The summed E-state index contributed by atoms with van der Waals surface area (Å²) in [5.41, 5.74) is 1.07. The van der Waals surface area contributed by atoms with Gasteiger partial charge in [0.05, 0.1) is 11.9 Å². The molecular formula is C27H32ClN3O4S. The molecule has 0 saturated heterocycles. The van der Waals surface area contributed by atoms with Gasteiger partial charge in [-0.15, -0.1) is 0 Å². The minimum Gasteiger partial charge on any atom is -0.354 e. The molecule has 3 aromatic carbocycles. The van der Waals surface area contributed by atoms with Gasteiger partial charge in [-0.3, -0.25) is 13.9 Å². The van der Waals surface area contributed by atoms with Gasteiger partial charge in [0.25, 0.3) is 0 Å². The van der Waals surface area contributed by atoms with Crippen molar-refractivity contribution in [3.05, 3.63) is 77.3 Å². The average Bonchev–Trinajstić information content (AvgIpc) is 2.85. The van der Waals surface area contributed by atoms with E-state index in [9.17, 15) is 18.0 Å². The van der Waals surface area contributed by atoms with Crippen LogP contribution in [0.25, 0.3) is 10.8 Å². The summed E-state index contributed by atoms with van der Waals surface area (Å²) in [6.07, 6.45) is 2.81. The number of unbranched alkanes of at least 4 members (excludes halogenated alkanes) is 1. The van der Waals surface area contributed by atoms with Gasteiger partial charge in [0.1, 0.15) is 12.6 Å². The van der Waals surface area contributed by atoms with E-state index < -0.39 is 28.5 Å². The standard InChI is InChI=1S/C27H32ClN3O4S/c1-4-5-17-29-27(33)20(2)30(18-22-12-7-9-15-24(22)28)26(32)19-31(36(3,34)35)25-16-10-13-21-11-6-8-14-23(21)25/h6-16,20H,4-5,17-19H2,1-3H3,(H,29,33). The van der Waals surface area contributed by atoms with Crippen LogP contribution in [0.15, 0.2) is 66.7 Å². The van der Waals surface area contributed by atoms with E-state index in [0.717, 1.165) is 28.8 Å². The van der Waals surface area contributed by atoms with Gasteiger partial charge in [0, 0.05) is 23.5 Å². The summed E-state index contributed by atoms with van der Waals surface area (Å²) in [4.78, 5) is 28.0. The van der Waals surface area contributed by atoms with Crippen molar-refractivity contribution in [1.82, 2.24) is 10.2 Å². The largest absolute Gasteiger partial charge is 0.354 e. The van der Waals surface area contributed by atoms with Crippen molar-refractivity contribution in [2.75, 3.05) is 23.7 Å². The third-order valence-electron chi connectivity index (χ3n) is 6.01. The normalized spacial score (nSPS) is 12.2. The molecule has 9 heteroatoms. The fraction of sp³-hybridized carbons (Fsp3) is 0.333. The van der Waals surface area contributed by atoms with E-state index >= 15 is 0 Å². The Kier molecular flexibility index (Phi) is 9.34. The molecule has 0 aliphatic heterocycles. The topological polar surface area (TPSA) is 86.8 Å². The highest BCUT2D eigenvalue weighted by atomic mass is 35.5. The summed E-state index contributed by atoms with van der Waals surface area (Å²) in [6.45, 7) is 3.77. The highest BCUT2D eigenvalue weighted by molar-refractivity contribution is 7.92. The lowest BCUT2D eigenvalue weighted by Gasteiger charge is -2.32. The smallest absolute Gasteiger partial charge is 0.244 e. The van der Waals surface area contributed by atoms with Crippen molar-refractivity contribution in [2.45, 2.75) is 39.3 Å². The lowest BCUT2D eigenvalue weighted by molar-refractivity contribution is -0.139. The summed E-state index contributed by atoms with van der Waals surface area (Å²) in [6, 6.07) is 18.9. The fourth-order valence-electron chi connectivity index (χ4n) is 3.95. The molecule has 0 fully saturated rings. The number of nitrogens with zero attached hydrogens (tertiary/aromatic N) is 2. The van der Waals surface area contributed by atoms with Crippen LogP contribution < -0.4 is 9.62 Å². The van der Waals surface area contributed by atoms with Crippen molar-refractivity contribution in [3.63, 3.8) is 0 Å². The molecule has 0 heterocycles. The molecule has 36 heavy (non-hydrogen) atoms. The third kappa shape index (κ3) is 6.77. The Morgan fingerprint density at radius 1 is 1.00 bits per heavy atom. The highest BCUT2D eigenvalue weighted by Crippen LogP contribution is 2.29. The molecule has 1 atom stereocenters. The summed E-state index contributed by atoms with van der Waals surface area (Å²) in [5, 5.41) is 4.89. The summed E-state index contributed by atoms with van der Waals surface area (Å²) in [7, 11) is -3.82. The van der Waals surface area contributed by atoms with Crippen LogP contribution >= 0.6 is 11.6 Å². The van der Waals surface area contributed by atoms with Crippen molar-refractivity contribution in [3.8, 4) is 0 Å². The van der Waals surface area contributed by atoms with Crippen molar-refractivity contribution < 1.29 is 18.0 Å². The first-order valence-electron chi connectivity index (χ1n) is 11.9. The number of halogens is 1. The van der Waals surface area contributed by atoms with E-state index in [1.165, 1.54) is 4.90 Å². The Bertz CT molecular complexity index is 1320. The molecule has 1 unspecified atom stereocenters. The maximum Gasteiger partial charge on any atom is 0.244 e. The number of rotatable bonds is 11. The van der Waals surface area contributed by atoms with E-state index in [2.05, 4.69) is 5.32 Å². The zero-order valence-electron chi connectivity index (χ0n) is 20.8. The Morgan fingerprint density at radius 3 is 2.36 bits per heavy atom. The molecule has 0 spiro atoms. The van der Waals surface area contributed by atoms with Crippen LogP contribution in [0, 0.1) is 0 Å². The maximum atomic E-state index is 13.7. The summed E-state index contributed by atoms with van der Waals surface area (Å²) in [5.74, 6) is -0.814. The number of carbonyl (C=O) groups is 2. The van der Waals surface area contributed by atoms with Crippen LogP contribution in [-0.4, -0.2) is 50.5 Å². The molecule has 3 aromatic rings. The SMILES string of the molecule is CCCCNC(=O)C(C)N(Cc1ccccc1Cl)C(=O)CN(c1cccc2ccccc12)S(C)(=O)=O. The number of sulfonamides is 1. The number of carbonyl (C=O) groups excluding carboxylic acids is 2. The minimum atomic E-state index is -3.82. The summed E-state index contributed by atoms with van der Waals surface area (Å²) < 4.78 is 26.9. The zero-order valence-corrected chi connectivity index (χ0v) is 22.3. The van der Waals surface area contributed by atoms with E-state index in [0.29, 0.717) is 28.2 Å². The molecule has 0 saturated carbocycles. The zero-order chi connectivity index (χ0) is 26.3. The van der Waals surface area contributed by atoms with E-state index in [-0.39, 0.29) is 12.5 Å². The summed E-state index contributed by atoms with van der Waals surface area (Å²) >= 11 is 6.35. The first-order chi connectivity index (χ1) is 17.1. The van der Waals surface area contributed by atoms with Crippen LogP contribution in [0.4, 0.5) is 5.69 Å². The van der Waals surface area contributed by atoms with E-state index in [1.807, 2.05) is 37.3 Å². The van der Waals surface area contributed by atoms with Gasteiger partial charge in [-0.25, -0.2) is 8.42 Å². The molecule has 7 nitrogen and oxygen atoms in total. The molecule has 0 bridgehead atoms. The number of fused-ring (bicyclic) bond motifs is 1. The Morgan fingerprint density at radius 2 is 1.67 bits per heavy atom. The second kappa shape index (κ2) is 12.2. The van der Waals surface area contributed by atoms with Gasteiger partial charge in [-0.2, -0.15) is 0 Å². The van der Waals surface area contributed by atoms with Crippen LogP contribution in [0.3, 0.4) is 0 Å². The monoisotopic (exact) mass is 529 g/mol. The van der Waals surface area contributed by atoms with Crippen LogP contribution in [0.2, 0.25) is 5.02 Å². The van der Waals surface area contributed by atoms with Crippen molar-refractivity contribution in [1.29, 1.82) is 0 Å². The number of hydrogen-bond donors (Lipinski definition) is 1. The third-order valence-corrected chi connectivity index (χ3v) is 7.51. The molecular weight excluding hydrogens is 498 g/mol. The maximum absolute atomic E-state index is 13.7. The van der Waals surface area contributed by atoms with Crippen LogP contribution in [0.5, 0.6) is 0 Å². The van der Waals surface area contributed by atoms with Crippen LogP contribution in [0.1, 0.15) is 32.3 Å². The quantitative estimate of drug-likeness (QED) is 0.368. The van der Waals surface area contributed by atoms with Gasteiger partial charge in [0.15, 0.2) is 0 Å². The second-order valence-corrected chi connectivity index (χ2v) is 11.0. The average molecular weight is 530 g/mol. The number of hydrogen-bond acceptors (Lipinski definition) is 4. The van der Waals surface area contributed by atoms with Gasteiger partial charge in [-0.05, 0) is 36.4 Å². The van der Waals surface area contributed by atoms with Gasteiger partial charge in [0.2, 0.25) is 21.8 Å². The lowest BCUT2D eigenvalue weighted by atomic mass is 10.1. The van der Waals surface area contributed by atoms with Crippen LogP contribution in [-0.2, 0) is 26.2 Å². The van der Waals surface area contributed by atoms with Gasteiger partial charge < -0.3 is 10.2 Å². The second-order valence-electron chi connectivity index (χ2n) is 8.70. The molecule has 0 aliphatic rings. The van der Waals surface area contributed by atoms with Crippen molar-refractivity contribution in [2.24, 2.45) is 0 Å². The number of nitrogens with one attached hydrogen (secondary N) is 1. The molecule has 0 aliphatic carbocycles. The molecule has 3 rings (SSSR count). The van der Waals surface area contributed by atoms with E-state index in [4.69, 9.17) is 11.6 Å². The number of anilines is 1. The Labute approximate surface area is 218 Å². The molecule has 0 aromatic heterocycles. The highest BCUT2D eigenvalue weighted by Gasteiger charge is 2.30. The predicted octanol–water partition coefficient (Wildman–Crippen LogP) is 4.59. The molecule has 2 amide bonds. The molecule has 192 valence electrons. The first kappa shape index (κ1) is 27.5. The van der Waals surface area contributed by atoms with Gasteiger partial charge in [-0.1, -0.05) is 79.5 Å². The molecule has 1 N–H and O–H groups in total. The Hall–Kier alpha value is -3.10. The molecule has 0 radical (unpaired) electrons. The van der Waals surface area contributed by atoms with E-state index in [1.54, 1.807) is 43.3 Å². The predicted molar refractivity (Wildman–Crippen MR) is 146 cm³/mol. The lowest BCUT2D eigenvalue weighted by Crippen LogP contribution is -2.51. The van der Waals surface area contributed by atoms with Crippen molar-refractivity contribution >= 4 is 49.9 Å². The number of benzene rings is 3.